The Hall–Kier alpha value is -1.95. The van der Waals surface area contributed by atoms with E-state index < -0.39 is 5.82 Å². The Labute approximate surface area is 123 Å². The van der Waals surface area contributed by atoms with Crippen LogP contribution in [-0.4, -0.2) is 37.6 Å². The molecule has 21 heavy (non-hydrogen) atoms. The molecule has 2 amide bonds. The number of hydrogen-bond donors (Lipinski definition) is 1. The lowest BCUT2D eigenvalue weighted by Crippen LogP contribution is -2.42. The maximum atomic E-state index is 13.7. The molecule has 0 bridgehead atoms. The normalized spacial score (nSPS) is 17.5. The minimum absolute atomic E-state index is 0.0354. The second-order valence-electron chi connectivity index (χ2n) is 5.00. The van der Waals surface area contributed by atoms with Gasteiger partial charge in [0.25, 0.3) is 0 Å². The van der Waals surface area contributed by atoms with Crippen molar-refractivity contribution in [3.8, 4) is 0 Å². The van der Waals surface area contributed by atoms with Crippen molar-refractivity contribution in [3.05, 3.63) is 30.1 Å². The number of halogens is 1. The third-order valence-electron chi connectivity index (χ3n) is 3.38. The second-order valence-corrected chi connectivity index (χ2v) is 5.00. The number of anilines is 1. The smallest absolute Gasteiger partial charge is 0.240 e. The van der Waals surface area contributed by atoms with E-state index in [9.17, 15) is 14.0 Å². The molecule has 0 aromatic heterocycles. The van der Waals surface area contributed by atoms with Gasteiger partial charge in [-0.05, 0) is 25.0 Å². The molecule has 2 rings (SSSR count). The third-order valence-corrected chi connectivity index (χ3v) is 3.38. The van der Waals surface area contributed by atoms with Crippen molar-refractivity contribution in [1.82, 2.24) is 5.32 Å². The average molecular weight is 294 g/mol. The molecule has 0 aliphatic carbocycles. The Balaban J connectivity index is 1.94. The van der Waals surface area contributed by atoms with Crippen molar-refractivity contribution in [2.75, 3.05) is 24.6 Å². The molecular weight excluding hydrogens is 275 g/mol. The lowest BCUT2D eigenvalue weighted by atomic mass is 10.2. The Morgan fingerprint density at radius 2 is 2.19 bits per heavy atom. The zero-order valence-corrected chi connectivity index (χ0v) is 12.0. The molecule has 0 spiro atoms. The Bertz CT molecular complexity index is 515. The van der Waals surface area contributed by atoms with Gasteiger partial charge in [-0.2, -0.15) is 0 Å². The maximum Gasteiger partial charge on any atom is 0.240 e. The van der Waals surface area contributed by atoms with Crippen LogP contribution in [0.1, 0.15) is 19.8 Å². The van der Waals surface area contributed by atoms with Gasteiger partial charge in [0.2, 0.25) is 11.8 Å². The number of nitrogens with zero attached hydrogens (tertiary/aromatic N) is 1. The summed E-state index contributed by atoms with van der Waals surface area (Å²) in [6.07, 6.45) is 1.95. The van der Waals surface area contributed by atoms with Crippen LogP contribution in [-0.2, 0) is 14.3 Å². The van der Waals surface area contributed by atoms with Gasteiger partial charge in [0.15, 0.2) is 0 Å². The standard InChI is InChI=1S/C15H19FN2O3/c1-11(19)18(14-7-3-2-6-13(14)16)10-15(20)17-9-12-5-4-8-21-12/h2-3,6-7,12H,4-5,8-10H2,1H3,(H,17,20). The summed E-state index contributed by atoms with van der Waals surface area (Å²) in [7, 11) is 0. The highest BCUT2D eigenvalue weighted by Crippen LogP contribution is 2.18. The van der Waals surface area contributed by atoms with E-state index in [1.807, 2.05) is 0 Å². The number of para-hydroxylation sites is 1. The summed E-state index contributed by atoms with van der Waals surface area (Å²) in [5, 5.41) is 2.72. The van der Waals surface area contributed by atoms with E-state index in [4.69, 9.17) is 4.74 Å². The quantitative estimate of drug-likeness (QED) is 0.894. The third kappa shape index (κ3) is 4.26. The van der Waals surface area contributed by atoms with Gasteiger partial charge >= 0.3 is 0 Å². The van der Waals surface area contributed by atoms with E-state index in [0.717, 1.165) is 24.3 Å². The Morgan fingerprint density at radius 1 is 1.43 bits per heavy atom. The van der Waals surface area contributed by atoms with E-state index in [0.29, 0.717) is 6.54 Å². The van der Waals surface area contributed by atoms with Gasteiger partial charge in [0.1, 0.15) is 12.4 Å². The minimum atomic E-state index is -0.528. The minimum Gasteiger partial charge on any atom is -0.376 e. The fourth-order valence-electron chi connectivity index (χ4n) is 2.27. The van der Waals surface area contributed by atoms with Crippen molar-refractivity contribution >= 4 is 17.5 Å². The summed E-state index contributed by atoms with van der Waals surface area (Å²) in [6.45, 7) is 2.24. The van der Waals surface area contributed by atoms with Crippen molar-refractivity contribution in [1.29, 1.82) is 0 Å². The van der Waals surface area contributed by atoms with E-state index >= 15 is 0 Å². The van der Waals surface area contributed by atoms with Crippen LogP contribution in [0, 0.1) is 5.82 Å². The van der Waals surface area contributed by atoms with Gasteiger partial charge in [-0.3, -0.25) is 9.59 Å². The number of hydrogen-bond acceptors (Lipinski definition) is 3. The van der Waals surface area contributed by atoms with Gasteiger partial charge in [-0.15, -0.1) is 0 Å². The van der Waals surface area contributed by atoms with Gasteiger partial charge in [-0.1, -0.05) is 12.1 Å². The molecule has 1 aliphatic rings. The lowest BCUT2D eigenvalue weighted by molar-refractivity contribution is -0.123. The zero-order valence-electron chi connectivity index (χ0n) is 12.0. The molecule has 6 heteroatoms. The van der Waals surface area contributed by atoms with Gasteiger partial charge in [-0.25, -0.2) is 4.39 Å². The molecule has 1 saturated heterocycles. The number of benzene rings is 1. The molecular formula is C15H19FN2O3. The number of rotatable bonds is 5. The molecule has 1 aromatic carbocycles. The molecule has 0 radical (unpaired) electrons. The Morgan fingerprint density at radius 3 is 2.81 bits per heavy atom. The molecule has 1 heterocycles. The summed E-state index contributed by atoms with van der Waals surface area (Å²) in [6, 6.07) is 5.90. The number of carbonyl (C=O) groups excluding carboxylic acids is 2. The van der Waals surface area contributed by atoms with Crippen LogP contribution < -0.4 is 10.2 Å². The van der Waals surface area contributed by atoms with Crippen molar-refractivity contribution in [2.45, 2.75) is 25.9 Å². The molecule has 5 nitrogen and oxygen atoms in total. The first-order chi connectivity index (χ1) is 10.1. The average Bonchev–Trinajstić information content (AvgIpc) is 2.96. The first kappa shape index (κ1) is 15.4. The molecule has 1 unspecified atom stereocenters. The highest BCUT2D eigenvalue weighted by atomic mass is 19.1. The molecule has 1 aliphatic heterocycles. The number of amides is 2. The van der Waals surface area contributed by atoms with Crippen LogP contribution in [0.3, 0.4) is 0 Å². The van der Waals surface area contributed by atoms with E-state index in [2.05, 4.69) is 5.32 Å². The number of ether oxygens (including phenoxy) is 1. The highest BCUT2D eigenvalue weighted by molar-refractivity contribution is 5.97. The predicted octanol–water partition coefficient (Wildman–Crippen LogP) is 1.47. The maximum absolute atomic E-state index is 13.7. The van der Waals surface area contributed by atoms with Gasteiger partial charge in [0.05, 0.1) is 11.8 Å². The van der Waals surface area contributed by atoms with Crippen molar-refractivity contribution in [2.24, 2.45) is 0 Å². The van der Waals surface area contributed by atoms with Crippen LogP contribution in [0.4, 0.5) is 10.1 Å². The van der Waals surface area contributed by atoms with E-state index in [-0.39, 0.29) is 30.2 Å². The molecule has 1 fully saturated rings. The van der Waals surface area contributed by atoms with E-state index in [1.165, 1.54) is 25.1 Å². The zero-order chi connectivity index (χ0) is 15.2. The summed E-state index contributed by atoms with van der Waals surface area (Å²) in [5.74, 6) is -1.24. The topological polar surface area (TPSA) is 58.6 Å². The fourth-order valence-corrected chi connectivity index (χ4v) is 2.27. The lowest BCUT2D eigenvalue weighted by Gasteiger charge is -2.21. The molecule has 0 saturated carbocycles. The largest absolute Gasteiger partial charge is 0.376 e. The second kappa shape index (κ2) is 7.17. The molecule has 1 aromatic rings. The fraction of sp³-hybridized carbons (Fsp3) is 0.467. The monoisotopic (exact) mass is 294 g/mol. The predicted molar refractivity (Wildman–Crippen MR) is 76.4 cm³/mol. The van der Waals surface area contributed by atoms with Crippen LogP contribution in [0.2, 0.25) is 0 Å². The summed E-state index contributed by atoms with van der Waals surface area (Å²) >= 11 is 0. The van der Waals surface area contributed by atoms with Crippen LogP contribution >= 0.6 is 0 Å². The summed E-state index contributed by atoms with van der Waals surface area (Å²) in [4.78, 5) is 24.7. The number of nitrogens with one attached hydrogen (secondary N) is 1. The first-order valence-electron chi connectivity index (χ1n) is 6.99. The first-order valence-corrected chi connectivity index (χ1v) is 6.99. The van der Waals surface area contributed by atoms with Crippen molar-refractivity contribution < 1.29 is 18.7 Å². The summed E-state index contributed by atoms with van der Waals surface area (Å²) in [5.41, 5.74) is 0.109. The molecule has 114 valence electrons. The SMILES string of the molecule is CC(=O)N(CC(=O)NCC1CCCO1)c1ccccc1F. The van der Waals surface area contributed by atoms with Gasteiger partial charge < -0.3 is 15.0 Å². The van der Waals surface area contributed by atoms with E-state index in [1.54, 1.807) is 6.07 Å². The van der Waals surface area contributed by atoms with Crippen LogP contribution in [0.15, 0.2) is 24.3 Å². The molecule has 1 N–H and O–H groups in total. The number of carbonyl (C=O) groups is 2. The molecule has 1 atom stereocenters. The van der Waals surface area contributed by atoms with Crippen LogP contribution in [0.25, 0.3) is 0 Å². The van der Waals surface area contributed by atoms with Gasteiger partial charge in [0, 0.05) is 20.1 Å². The van der Waals surface area contributed by atoms with Crippen LogP contribution in [0.5, 0.6) is 0 Å². The summed E-state index contributed by atoms with van der Waals surface area (Å²) < 4.78 is 19.1. The Kier molecular flexibility index (Phi) is 5.27. The highest BCUT2D eigenvalue weighted by Gasteiger charge is 2.20. The van der Waals surface area contributed by atoms with Crippen molar-refractivity contribution in [3.63, 3.8) is 0 Å².